The molecule has 3 fully saturated rings. The van der Waals surface area contributed by atoms with Crippen molar-refractivity contribution in [1.29, 1.82) is 0 Å². The zero-order chi connectivity index (χ0) is 30.7. The number of hydrogen-bond acceptors (Lipinski definition) is 7. The minimum Gasteiger partial charge on any atom is -0.462 e. The third kappa shape index (κ3) is 5.80. The van der Waals surface area contributed by atoms with Gasteiger partial charge in [0.25, 0.3) is 0 Å². The van der Waals surface area contributed by atoms with Crippen LogP contribution in [-0.4, -0.2) is 56.8 Å². The number of allylic oxidation sites excluding steroid dienone is 2. The van der Waals surface area contributed by atoms with E-state index >= 15 is 0 Å². The van der Waals surface area contributed by atoms with Gasteiger partial charge in [0.2, 0.25) is 0 Å². The molecule has 2 saturated carbocycles. The predicted octanol–water partition coefficient (Wildman–Crippen LogP) is 5.36. The predicted molar refractivity (Wildman–Crippen MR) is 157 cm³/mol. The van der Waals surface area contributed by atoms with E-state index in [-0.39, 0.29) is 53.5 Å². The molecule has 7 nitrogen and oxygen atoms in total. The van der Waals surface area contributed by atoms with Gasteiger partial charge in [-0.05, 0) is 93.5 Å². The Morgan fingerprint density at radius 2 is 1.90 bits per heavy atom. The van der Waals surface area contributed by atoms with Crippen LogP contribution in [0.15, 0.2) is 23.8 Å². The van der Waals surface area contributed by atoms with Gasteiger partial charge in [-0.15, -0.1) is 0 Å². The van der Waals surface area contributed by atoms with Crippen LogP contribution in [0.5, 0.6) is 0 Å². The Morgan fingerprint density at radius 1 is 1.24 bits per heavy atom. The van der Waals surface area contributed by atoms with Gasteiger partial charge >= 0.3 is 11.9 Å². The molecule has 0 spiro atoms. The van der Waals surface area contributed by atoms with Crippen LogP contribution in [0, 0.1) is 46.8 Å². The van der Waals surface area contributed by atoms with E-state index in [1.54, 1.807) is 13.8 Å². The smallest absolute Gasteiger partial charge is 0.338 e. The van der Waals surface area contributed by atoms with Crippen LogP contribution in [0.2, 0.25) is 0 Å². The molecule has 2 unspecified atom stereocenters. The summed E-state index contributed by atoms with van der Waals surface area (Å²) < 4.78 is 11.6. The fraction of sp³-hybridized carbons (Fsp3) is 0.824. The summed E-state index contributed by atoms with van der Waals surface area (Å²) in [5, 5.41) is 34.0. The van der Waals surface area contributed by atoms with Crippen LogP contribution in [-0.2, 0) is 19.1 Å². The number of carbonyl (C=O) groups is 2. The highest BCUT2D eigenvalue weighted by atomic mass is 16.6. The molecule has 232 valence electrons. The Balaban J connectivity index is 1.62. The summed E-state index contributed by atoms with van der Waals surface area (Å²) in [4.78, 5) is 25.8. The maximum Gasteiger partial charge on any atom is 0.338 e. The number of aliphatic hydroxyl groups excluding tert-OH is 1. The standard InChI is InChI=1S/C34H54O7/c1-10-19(4)14-33(9,38)17-28(35)41-27-16-32(8)15-24-20(5)11-12-25-22(7)40-31(37)30(36)34(25,39)21(6)23(24)13-26(32)29(27)18(2)3/h11,18-19,22-27,29-30,36,38-39H,6,10,12-17H2,1-5,7-9H3/b20-11-/t19?,22-,23+,24+,25-,26-,27+,29+,30+,32-,33?,34+/m1/s1. The number of cyclic esters (lactones) is 1. The van der Waals surface area contributed by atoms with Crippen LogP contribution < -0.4 is 0 Å². The molecule has 4 aliphatic rings. The molecule has 0 bridgehead atoms. The highest BCUT2D eigenvalue weighted by molar-refractivity contribution is 5.78. The van der Waals surface area contributed by atoms with Crippen molar-refractivity contribution in [3.05, 3.63) is 23.8 Å². The van der Waals surface area contributed by atoms with Crippen LogP contribution in [0.25, 0.3) is 0 Å². The Bertz CT molecular complexity index is 1060. The average molecular weight is 575 g/mol. The first-order valence-corrected chi connectivity index (χ1v) is 15.8. The van der Waals surface area contributed by atoms with Gasteiger partial charge in [0, 0.05) is 11.8 Å². The van der Waals surface area contributed by atoms with Gasteiger partial charge in [-0.25, -0.2) is 4.79 Å². The normalized spacial score (nSPS) is 44.2. The number of ether oxygens (including phenoxy) is 2. The van der Waals surface area contributed by atoms with E-state index < -0.39 is 35.3 Å². The number of hydrogen-bond donors (Lipinski definition) is 3. The molecule has 12 atom stereocenters. The monoisotopic (exact) mass is 574 g/mol. The zero-order valence-corrected chi connectivity index (χ0v) is 26.5. The van der Waals surface area contributed by atoms with E-state index in [1.807, 2.05) is 0 Å². The van der Waals surface area contributed by atoms with Gasteiger partial charge in [-0.2, -0.15) is 0 Å². The van der Waals surface area contributed by atoms with E-state index in [1.165, 1.54) is 5.57 Å². The van der Waals surface area contributed by atoms with Crippen molar-refractivity contribution in [2.24, 2.45) is 46.8 Å². The van der Waals surface area contributed by atoms with Gasteiger partial charge < -0.3 is 24.8 Å². The van der Waals surface area contributed by atoms with Gasteiger partial charge in [-0.3, -0.25) is 4.79 Å². The van der Waals surface area contributed by atoms with Gasteiger partial charge in [0.1, 0.15) is 17.8 Å². The molecule has 1 aliphatic heterocycles. The fourth-order valence-corrected chi connectivity index (χ4v) is 9.21. The molecule has 0 aromatic heterocycles. The molecule has 0 amide bonds. The number of rotatable bonds is 7. The minimum absolute atomic E-state index is 0.0233. The van der Waals surface area contributed by atoms with Crippen molar-refractivity contribution in [2.45, 2.75) is 130 Å². The summed E-state index contributed by atoms with van der Waals surface area (Å²) in [7, 11) is 0. The molecule has 1 saturated heterocycles. The zero-order valence-electron chi connectivity index (χ0n) is 26.5. The second kappa shape index (κ2) is 11.4. The van der Waals surface area contributed by atoms with Crippen molar-refractivity contribution in [3.8, 4) is 0 Å². The van der Waals surface area contributed by atoms with E-state index in [0.717, 1.165) is 25.7 Å². The lowest BCUT2D eigenvalue weighted by molar-refractivity contribution is -0.209. The maximum absolute atomic E-state index is 13.2. The number of carbonyl (C=O) groups excluding carboxylic acids is 2. The molecule has 1 heterocycles. The van der Waals surface area contributed by atoms with Crippen LogP contribution >= 0.6 is 0 Å². The number of fused-ring (bicyclic) bond motifs is 3. The Morgan fingerprint density at radius 3 is 2.51 bits per heavy atom. The second-order valence-electron chi connectivity index (χ2n) is 15.0. The maximum atomic E-state index is 13.2. The lowest BCUT2D eigenvalue weighted by atomic mass is 9.53. The second-order valence-corrected chi connectivity index (χ2v) is 15.0. The summed E-state index contributed by atoms with van der Waals surface area (Å²) >= 11 is 0. The SMILES string of the molecule is C=C1[C@@H]2C[C@@H]3[C@H](C(C)C)[C@@H](OC(=O)CC(C)(O)CC(C)CC)C[C@@]3(C)C[C@H]2/C(C)=C\C[C@@H]2[C@@H](C)OC(=O)[C@H](O)[C@]12O. The first-order valence-electron chi connectivity index (χ1n) is 15.8. The third-order valence-electron chi connectivity index (χ3n) is 11.5. The van der Waals surface area contributed by atoms with E-state index in [0.29, 0.717) is 24.3 Å². The molecule has 41 heavy (non-hydrogen) atoms. The van der Waals surface area contributed by atoms with Crippen molar-refractivity contribution in [1.82, 2.24) is 0 Å². The number of aliphatic hydroxyl groups is 3. The molecular formula is C34H54O7. The number of esters is 2. The lowest BCUT2D eigenvalue weighted by Crippen LogP contribution is -2.63. The fourth-order valence-electron chi connectivity index (χ4n) is 9.21. The summed E-state index contributed by atoms with van der Waals surface area (Å²) in [6.45, 7) is 20.9. The first kappa shape index (κ1) is 32.2. The Labute approximate surface area is 246 Å². The van der Waals surface area contributed by atoms with Crippen LogP contribution in [0.1, 0.15) is 100 Å². The minimum atomic E-state index is -1.76. The molecular weight excluding hydrogens is 520 g/mol. The third-order valence-corrected chi connectivity index (χ3v) is 11.5. The Kier molecular flexibility index (Phi) is 8.98. The molecule has 0 aromatic rings. The largest absolute Gasteiger partial charge is 0.462 e. The van der Waals surface area contributed by atoms with Crippen LogP contribution in [0.3, 0.4) is 0 Å². The topological polar surface area (TPSA) is 113 Å². The van der Waals surface area contributed by atoms with Crippen molar-refractivity contribution in [2.75, 3.05) is 0 Å². The molecule has 3 N–H and O–H groups in total. The summed E-state index contributed by atoms with van der Waals surface area (Å²) in [6.07, 6.45) is 3.98. The molecule has 0 aromatic carbocycles. The average Bonchev–Trinajstić information content (AvgIpc) is 3.15. The summed E-state index contributed by atoms with van der Waals surface area (Å²) in [5.74, 6) is -0.766. The van der Waals surface area contributed by atoms with Gasteiger partial charge in [-0.1, -0.05) is 59.3 Å². The van der Waals surface area contributed by atoms with E-state index in [2.05, 4.69) is 54.2 Å². The van der Waals surface area contributed by atoms with E-state index in [4.69, 9.17) is 9.47 Å². The molecule has 3 aliphatic carbocycles. The van der Waals surface area contributed by atoms with Gasteiger partial charge in [0.05, 0.1) is 12.0 Å². The van der Waals surface area contributed by atoms with Crippen molar-refractivity contribution in [3.63, 3.8) is 0 Å². The van der Waals surface area contributed by atoms with Crippen LogP contribution in [0.4, 0.5) is 0 Å². The van der Waals surface area contributed by atoms with Gasteiger partial charge in [0.15, 0.2) is 6.10 Å². The molecule has 0 radical (unpaired) electrons. The lowest BCUT2D eigenvalue weighted by Gasteiger charge is -2.54. The van der Waals surface area contributed by atoms with Crippen molar-refractivity contribution < 1.29 is 34.4 Å². The molecule has 4 rings (SSSR count). The highest BCUT2D eigenvalue weighted by Gasteiger charge is 2.62. The first-order chi connectivity index (χ1) is 18.9. The summed E-state index contributed by atoms with van der Waals surface area (Å²) in [5.41, 5.74) is -1.19. The van der Waals surface area contributed by atoms with Crippen molar-refractivity contribution >= 4 is 11.9 Å². The highest BCUT2D eigenvalue weighted by Crippen LogP contribution is 2.63. The quantitative estimate of drug-likeness (QED) is 0.277. The molecule has 7 heteroatoms. The summed E-state index contributed by atoms with van der Waals surface area (Å²) in [6, 6.07) is 0. The van der Waals surface area contributed by atoms with E-state index in [9.17, 15) is 24.9 Å². The Hall–Kier alpha value is -1.70.